The van der Waals surface area contributed by atoms with Crippen molar-refractivity contribution in [3.8, 4) is 11.4 Å². The molecule has 0 bridgehead atoms. The van der Waals surface area contributed by atoms with Crippen molar-refractivity contribution in [1.82, 2.24) is 29.3 Å². The van der Waals surface area contributed by atoms with Crippen molar-refractivity contribution in [3.63, 3.8) is 0 Å². The van der Waals surface area contributed by atoms with E-state index in [1.807, 2.05) is 39.7 Å². The zero-order valence-corrected chi connectivity index (χ0v) is 17.4. The van der Waals surface area contributed by atoms with Crippen LogP contribution in [-0.4, -0.2) is 53.5 Å². The molecule has 0 amide bonds. The first-order valence-corrected chi connectivity index (χ1v) is 10.3. The number of anilines is 2. The number of carbonyl (C=O) groups is 1. The molecule has 0 atom stereocenters. The molecule has 0 saturated carbocycles. The fraction of sp³-hybridized carbons (Fsp3) is 0.286. The number of nitrogens with two attached hydrogens (primary N) is 1. The molecule has 11 heteroatoms. The number of nitrogens with one attached hydrogen (secondary N) is 1. The average molecular weight is 436 g/mol. The molecule has 3 heterocycles. The van der Waals surface area contributed by atoms with E-state index in [4.69, 9.17) is 15.6 Å². The van der Waals surface area contributed by atoms with Crippen LogP contribution in [0.25, 0.3) is 16.9 Å². The summed E-state index contributed by atoms with van der Waals surface area (Å²) in [4.78, 5) is 23.9. The molecule has 166 valence electrons. The minimum atomic E-state index is -0.827. The van der Waals surface area contributed by atoms with E-state index in [1.165, 1.54) is 0 Å². The number of aromatic nitrogens is 6. The van der Waals surface area contributed by atoms with Crippen molar-refractivity contribution in [3.05, 3.63) is 49.2 Å². The number of aliphatic carboxylic acids is 1. The number of carboxylic acids is 1. The maximum Gasteiger partial charge on any atom is 0.303 e. The van der Waals surface area contributed by atoms with Crippen LogP contribution in [0.5, 0.6) is 5.75 Å². The van der Waals surface area contributed by atoms with Gasteiger partial charge in [-0.3, -0.25) is 14.0 Å². The van der Waals surface area contributed by atoms with Crippen molar-refractivity contribution in [2.75, 3.05) is 18.5 Å². The van der Waals surface area contributed by atoms with Crippen LogP contribution in [0.1, 0.15) is 19.3 Å². The van der Waals surface area contributed by atoms with Gasteiger partial charge in [0.1, 0.15) is 17.6 Å². The lowest BCUT2D eigenvalue weighted by atomic mass is 10.3. The van der Waals surface area contributed by atoms with Gasteiger partial charge in [0.25, 0.3) is 0 Å². The highest BCUT2D eigenvalue weighted by Crippen LogP contribution is 2.21. The highest BCUT2D eigenvalue weighted by atomic mass is 16.5. The summed E-state index contributed by atoms with van der Waals surface area (Å²) >= 11 is 0. The second-order valence-electron chi connectivity index (χ2n) is 7.12. The molecule has 0 saturated heterocycles. The van der Waals surface area contributed by atoms with E-state index in [0.29, 0.717) is 42.4 Å². The molecule has 0 spiro atoms. The number of aryl methyl sites for hydroxylation is 1. The van der Waals surface area contributed by atoms with Gasteiger partial charge in [-0.15, -0.1) is 0 Å². The van der Waals surface area contributed by atoms with Gasteiger partial charge in [0, 0.05) is 24.8 Å². The minimum Gasteiger partial charge on any atom is -0.494 e. The third-order valence-electron chi connectivity index (χ3n) is 4.69. The molecule has 0 fully saturated rings. The number of carboxylic acid groups (broad SMARTS) is 1. The van der Waals surface area contributed by atoms with Gasteiger partial charge >= 0.3 is 5.97 Å². The molecule has 0 aliphatic carbocycles. The van der Waals surface area contributed by atoms with E-state index in [0.717, 1.165) is 24.3 Å². The lowest BCUT2D eigenvalue weighted by molar-refractivity contribution is -0.137. The van der Waals surface area contributed by atoms with Gasteiger partial charge in [-0.25, -0.2) is 9.97 Å². The van der Waals surface area contributed by atoms with Gasteiger partial charge in [-0.05, 0) is 43.7 Å². The van der Waals surface area contributed by atoms with E-state index in [2.05, 4.69) is 25.4 Å². The van der Waals surface area contributed by atoms with E-state index in [1.54, 1.807) is 18.7 Å². The Bertz CT molecular complexity index is 1190. The fourth-order valence-electron chi connectivity index (χ4n) is 3.11. The number of nitrogens with zero attached hydrogens (tertiary/aromatic N) is 6. The van der Waals surface area contributed by atoms with Crippen LogP contribution in [0.2, 0.25) is 0 Å². The van der Waals surface area contributed by atoms with Crippen molar-refractivity contribution >= 4 is 28.8 Å². The van der Waals surface area contributed by atoms with Crippen LogP contribution >= 0.6 is 0 Å². The van der Waals surface area contributed by atoms with Crippen LogP contribution in [0.3, 0.4) is 0 Å². The summed E-state index contributed by atoms with van der Waals surface area (Å²) in [6, 6.07) is 7.45. The van der Waals surface area contributed by atoms with Crippen molar-refractivity contribution < 1.29 is 14.6 Å². The summed E-state index contributed by atoms with van der Waals surface area (Å²) in [5, 5.41) is 16.1. The third kappa shape index (κ3) is 5.19. The summed E-state index contributed by atoms with van der Waals surface area (Å²) in [5.41, 5.74) is 8.53. The highest BCUT2D eigenvalue weighted by molar-refractivity contribution is 5.74. The molecule has 11 nitrogen and oxygen atoms in total. The second-order valence-corrected chi connectivity index (χ2v) is 7.12. The SMILES string of the molecule is NCCCn1cc(Nc2ncc3ncn(-c4ccc(OCCCC(=O)O)cc4)c3n2)cn1. The molecule has 32 heavy (non-hydrogen) atoms. The molecule has 0 aliphatic rings. The first-order chi connectivity index (χ1) is 15.6. The predicted octanol–water partition coefficient (Wildman–Crippen LogP) is 2.35. The second kappa shape index (κ2) is 9.88. The zero-order valence-electron chi connectivity index (χ0n) is 17.4. The molecule has 4 aromatic rings. The number of imidazole rings is 1. The first-order valence-electron chi connectivity index (χ1n) is 10.3. The minimum absolute atomic E-state index is 0.0870. The van der Waals surface area contributed by atoms with Gasteiger partial charge < -0.3 is 20.9 Å². The number of hydrogen-bond acceptors (Lipinski definition) is 8. The summed E-state index contributed by atoms with van der Waals surface area (Å²) in [5.74, 6) is 0.287. The van der Waals surface area contributed by atoms with Crippen molar-refractivity contribution in [2.24, 2.45) is 5.73 Å². The maximum atomic E-state index is 10.6. The van der Waals surface area contributed by atoms with Crippen LogP contribution in [-0.2, 0) is 11.3 Å². The van der Waals surface area contributed by atoms with Crippen LogP contribution < -0.4 is 15.8 Å². The van der Waals surface area contributed by atoms with Crippen LogP contribution in [0.4, 0.5) is 11.6 Å². The summed E-state index contributed by atoms with van der Waals surface area (Å²) in [6.45, 7) is 1.72. The molecule has 0 unspecified atom stereocenters. The van der Waals surface area contributed by atoms with E-state index < -0.39 is 5.97 Å². The Labute approximate surface area is 183 Å². The maximum absolute atomic E-state index is 10.6. The van der Waals surface area contributed by atoms with Crippen LogP contribution in [0, 0.1) is 0 Å². The van der Waals surface area contributed by atoms with E-state index in [9.17, 15) is 4.79 Å². The van der Waals surface area contributed by atoms with Crippen molar-refractivity contribution in [2.45, 2.75) is 25.8 Å². The Kier molecular flexibility index (Phi) is 6.56. The number of hydrogen-bond donors (Lipinski definition) is 3. The van der Waals surface area contributed by atoms with Crippen LogP contribution in [0.15, 0.2) is 49.2 Å². The topological polar surface area (TPSA) is 146 Å². The molecular weight excluding hydrogens is 412 g/mol. The number of ether oxygens (including phenoxy) is 1. The van der Waals surface area contributed by atoms with Crippen molar-refractivity contribution in [1.29, 1.82) is 0 Å². The zero-order chi connectivity index (χ0) is 22.3. The standard InChI is InChI=1S/C21H24N8O3/c22-8-2-9-28-13-15(11-25-28)26-21-23-12-18-20(27-21)29(14-24-18)16-4-6-17(7-5-16)32-10-1-3-19(30)31/h4-7,11-14H,1-3,8-10,22H2,(H,30,31)(H,23,26,27). The Morgan fingerprint density at radius 3 is 2.78 bits per heavy atom. The molecule has 1 aromatic carbocycles. The lowest BCUT2D eigenvalue weighted by Crippen LogP contribution is -2.05. The summed E-state index contributed by atoms with van der Waals surface area (Å²) in [7, 11) is 0. The highest BCUT2D eigenvalue weighted by Gasteiger charge is 2.10. The molecule has 4 N–H and O–H groups in total. The Hall–Kier alpha value is -3.99. The largest absolute Gasteiger partial charge is 0.494 e. The Balaban J connectivity index is 1.46. The third-order valence-corrected chi connectivity index (χ3v) is 4.69. The number of rotatable bonds is 11. The first kappa shape index (κ1) is 21.2. The van der Waals surface area contributed by atoms with Gasteiger partial charge in [-0.2, -0.15) is 10.1 Å². The van der Waals surface area contributed by atoms with E-state index in [-0.39, 0.29) is 6.42 Å². The molecule has 4 rings (SSSR count). The van der Waals surface area contributed by atoms with E-state index >= 15 is 0 Å². The Morgan fingerprint density at radius 2 is 2.00 bits per heavy atom. The van der Waals surface area contributed by atoms with Gasteiger partial charge in [0.15, 0.2) is 5.65 Å². The molecular formula is C21H24N8O3. The van der Waals surface area contributed by atoms with Gasteiger partial charge in [0.05, 0.1) is 24.7 Å². The summed E-state index contributed by atoms with van der Waals surface area (Å²) in [6.07, 6.45) is 8.36. The normalized spacial score (nSPS) is 11.0. The van der Waals surface area contributed by atoms with Gasteiger partial charge in [0.2, 0.25) is 5.95 Å². The molecule has 3 aromatic heterocycles. The Morgan fingerprint density at radius 1 is 1.16 bits per heavy atom. The number of fused-ring (bicyclic) bond motifs is 1. The summed E-state index contributed by atoms with van der Waals surface area (Å²) < 4.78 is 9.27. The quantitative estimate of drug-likeness (QED) is 0.301. The molecule has 0 radical (unpaired) electrons. The van der Waals surface area contributed by atoms with Gasteiger partial charge in [-0.1, -0.05) is 0 Å². The predicted molar refractivity (Wildman–Crippen MR) is 118 cm³/mol. The molecule has 0 aliphatic heterocycles. The smallest absolute Gasteiger partial charge is 0.303 e. The fourth-order valence-corrected chi connectivity index (χ4v) is 3.11. The average Bonchev–Trinajstić information content (AvgIpc) is 3.42. The number of benzene rings is 1. The lowest BCUT2D eigenvalue weighted by Gasteiger charge is -2.08. The monoisotopic (exact) mass is 436 g/mol.